The van der Waals surface area contributed by atoms with Crippen LogP contribution in [-0.2, 0) is 12.3 Å². The standard InChI is InChI=1S/C15H17N3O3S/c1-21-11-5-3-10(4-6-11)8-16-15(20)12-7-14(19)18-13(17-12)9-22-2/h3-7H,8-9H2,1-2H3,(H,16,20)(H,17,18,19). The number of carbonyl (C=O) groups excluding carboxylic acids is 1. The third-order valence-electron chi connectivity index (χ3n) is 2.92. The highest BCUT2D eigenvalue weighted by Crippen LogP contribution is 2.11. The summed E-state index contributed by atoms with van der Waals surface area (Å²) < 4.78 is 5.08. The number of hydrogen-bond donors (Lipinski definition) is 2. The third-order valence-corrected chi connectivity index (χ3v) is 3.48. The van der Waals surface area contributed by atoms with Gasteiger partial charge in [-0.3, -0.25) is 9.59 Å². The van der Waals surface area contributed by atoms with Gasteiger partial charge in [-0.25, -0.2) is 4.98 Å². The molecule has 0 radical (unpaired) electrons. The van der Waals surface area contributed by atoms with Gasteiger partial charge in [0.25, 0.3) is 11.5 Å². The zero-order chi connectivity index (χ0) is 15.9. The van der Waals surface area contributed by atoms with E-state index in [1.54, 1.807) is 7.11 Å². The first kappa shape index (κ1) is 16.1. The summed E-state index contributed by atoms with van der Waals surface area (Å²) in [5.74, 6) is 1.43. The zero-order valence-corrected chi connectivity index (χ0v) is 13.2. The normalized spacial score (nSPS) is 10.3. The fourth-order valence-electron chi connectivity index (χ4n) is 1.85. The lowest BCUT2D eigenvalue weighted by molar-refractivity contribution is 0.0945. The van der Waals surface area contributed by atoms with Crippen molar-refractivity contribution >= 4 is 17.7 Å². The first-order valence-electron chi connectivity index (χ1n) is 6.62. The second-order valence-electron chi connectivity index (χ2n) is 4.54. The molecule has 0 bridgehead atoms. The van der Waals surface area contributed by atoms with Crippen LogP contribution in [-0.4, -0.2) is 29.2 Å². The van der Waals surface area contributed by atoms with Crippen LogP contribution >= 0.6 is 11.8 Å². The lowest BCUT2D eigenvalue weighted by atomic mass is 10.2. The highest BCUT2D eigenvalue weighted by molar-refractivity contribution is 7.97. The summed E-state index contributed by atoms with van der Waals surface area (Å²) in [5.41, 5.74) is 0.735. The van der Waals surface area contributed by atoms with E-state index in [0.717, 1.165) is 11.3 Å². The van der Waals surface area contributed by atoms with Crippen molar-refractivity contribution in [3.63, 3.8) is 0 Å². The van der Waals surface area contributed by atoms with Gasteiger partial charge >= 0.3 is 0 Å². The SMILES string of the molecule is COc1ccc(CNC(=O)c2cc(=O)[nH]c(CSC)n2)cc1. The Hall–Kier alpha value is -2.28. The van der Waals surface area contributed by atoms with Gasteiger partial charge in [0.05, 0.1) is 12.9 Å². The predicted octanol–water partition coefficient (Wildman–Crippen LogP) is 1.57. The van der Waals surface area contributed by atoms with Crippen molar-refractivity contribution in [1.29, 1.82) is 0 Å². The number of H-pyrrole nitrogens is 1. The third kappa shape index (κ3) is 4.36. The van der Waals surface area contributed by atoms with Crippen LogP contribution in [0.25, 0.3) is 0 Å². The van der Waals surface area contributed by atoms with E-state index in [1.807, 2.05) is 30.5 Å². The second-order valence-corrected chi connectivity index (χ2v) is 5.41. The number of hydrogen-bond acceptors (Lipinski definition) is 5. The fraction of sp³-hybridized carbons (Fsp3) is 0.267. The van der Waals surface area contributed by atoms with Crippen LogP contribution in [0.5, 0.6) is 5.75 Å². The lowest BCUT2D eigenvalue weighted by Gasteiger charge is -2.07. The molecule has 0 aliphatic heterocycles. The minimum atomic E-state index is -0.371. The zero-order valence-electron chi connectivity index (χ0n) is 12.4. The number of rotatable bonds is 6. The fourth-order valence-corrected chi connectivity index (χ4v) is 2.26. The Kier molecular flexibility index (Phi) is 5.60. The van der Waals surface area contributed by atoms with Crippen molar-refractivity contribution in [1.82, 2.24) is 15.3 Å². The van der Waals surface area contributed by atoms with E-state index in [0.29, 0.717) is 18.1 Å². The Balaban J connectivity index is 2.03. The molecule has 0 saturated carbocycles. The monoisotopic (exact) mass is 319 g/mol. The van der Waals surface area contributed by atoms with Gasteiger partial charge in [-0.2, -0.15) is 11.8 Å². The van der Waals surface area contributed by atoms with Crippen molar-refractivity contribution < 1.29 is 9.53 Å². The first-order chi connectivity index (χ1) is 10.6. The number of nitrogens with zero attached hydrogens (tertiary/aromatic N) is 1. The minimum absolute atomic E-state index is 0.126. The molecule has 2 aromatic rings. The molecule has 0 fully saturated rings. The number of aromatic amines is 1. The largest absolute Gasteiger partial charge is 0.497 e. The molecule has 0 unspecified atom stereocenters. The molecule has 7 heteroatoms. The molecular formula is C15H17N3O3S. The summed E-state index contributed by atoms with van der Waals surface area (Å²) in [4.78, 5) is 30.4. The first-order valence-corrected chi connectivity index (χ1v) is 8.02. The summed E-state index contributed by atoms with van der Waals surface area (Å²) in [6.45, 7) is 0.356. The van der Waals surface area contributed by atoms with Gasteiger partial charge in [0, 0.05) is 12.6 Å². The molecule has 22 heavy (non-hydrogen) atoms. The number of aromatic nitrogens is 2. The van der Waals surface area contributed by atoms with E-state index in [4.69, 9.17) is 4.74 Å². The smallest absolute Gasteiger partial charge is 0.270 e. The van der Waals surface area contributed by atoms with Crippen LogP contribution in [0.3, 0.4) is 0 Å². The Morgan fingerprint density at radius 2 is 2.09 bits per heavy atom. The molecule has 0 aliphatic rings. The predicted molar refractivity (Wildman–Crippen MR) is 86.2 cm³/mol. The quantitative estimate of drug-likeness (QED) is 0.844. The lowest BCUT2D eigenvalue weighted by Crippen LogP contribution is -2.26. The summed E-state index contributed by atoms with van der Waals surface area (Å²) >= 11 is 1.52. The molecule has 1 heterocycles. The van der Waals surface area contributed by atoms with Crippen LogP contribution in [0.15, 0.2) is 35.1 Å². The molecule has 0 spiro atoms. The maximum atomic E-state index is 12.1. The summed E-state index contributed by atoms with van der Waals surface area (Å²) in [6, 6.07) is 8.58. The molecule has 0 saturated heterocycles. The molecule has 1 aromatic heterocycles. The highest BCUT2D eigenvalue weighted by Gasteiger charge is 2.10. The van der Waals surface area contributed by atoms with Crippen LogP contribution in [0.1, 0.15) is 21.9 Å². The topological polar surface area (TPSA) is 84.1 Å². The molecule has 116 valence electrons. The van der Waals surface area contributed by atoms with Crippen LogP contribution in [0.2, 0.25) is 0 Å². The van der Waals surface area contributed by atoms with Crippen LogP contribution < -0.4 is 15.6 Å². The van der Waals surface area contributed by atoms with Gasteiger partial charge < -0.3 is 15.0 Å². The van der Waals surface area contributed by atoms with Crippen molar-refractivity contribution in [2.24, 2.45) is 0 Å². The number of amides is 1. The molecule has 0 atom stereocenters. The highest BCUT2D eigenvalue weighted by atomic mass is 32.2. The molecule has 0 aliphatic carbocycles. The number of ether oxygens (including phenoxy) is 1. The van der Waals surface area contributed by atoms with Gasteiger partial charge in [0.1, 0.15) is 17.3 Å². The summed E-state index contributed by atoms with van der Waals surface area (Å²) in [7, 11) is 1.60. The average Bonchev–Trinajstić information content (AvgIpc) is 2.53. The summed E-state index contributed by atoms with van der Waals surface area (Å²) in [5, 5.41) is 2.75. The number of benzene rings is 1. The average molecular weight is 319 g/mol. The van der Waals surface area contributed by atoms with E-state index in [2.05, 4.69) is 15.3 Å². The van der Waals surface area contributed by atoms with Gasteiger partial charge in [0.2, 0.25) is 0 Å². The Labute approximate surface area is 132 Å². The molecule has 6 nitrogen and oxygen atoms in total. The van der Waals surface area contributed by atoms with Crippen LogP contribution in [0, 0.1) is 0 Å². The van der Waals surface area contributed by atoms with E-state index < -0.39 is 0 Å². The molecule has 2 rings (SSSR count). The van der Waals surface area contributed by atoms with Crippen molar-refractivity contribution in [2.75, 3.05) is 13.4 Å². The minimum Gasteiger partial charge on any atom is -0.497 e. The van der Waals surface area contributed by atoms with E-state index in [9.17, 15) is 9.59 Å². The summed E-state index contributed by atoms with van der Waals surface area (Å²) in [6.07, 6.45) is 1.90. The van der Waals surface area contributed by atoms with Crippen LogP contribution in [0.4, 0.5) is 0 Å². The van der Waals surface area contributed by atoms with E-state index in [1.165, 1.54) is 17.8 Å². The van der Waals surface area contributed by atoms with Gasteiger partial charge in [-0.05, 0) is 24.0 Å². The maximum absolute atomic E-state index is 12.1. The Bertz CT molecular complexity index is 698. The van der Waals surface area contributed by atoms with Gasteiger partial charge in [0.15, 0.2) is 0 Å². The number of carbonyl (C=O) groups is 1. The number of methoxy groups -OCH3 is 1. The molecule has 2 N–H and O–H groups in total. The van der Waals surface area contributed by atoms with Crippen molar-refractivity contribution in [3.8, 4) is 5.75 Å². The molecular weight excluding hydrogens is 302 g/mol. The Morgan fingerprint density at radius 1 is 1.36 bits per heavy atom. The van der Waals surface area contributed by atoms with Gasteiger partial charge in [-0.15, -0.1) is 0 Å². The maximum Gasteiger partial charge on any atom is 0.270 e. The Morgan fingerprint density at radius 3 is 2.73 bits per heavy atom. The number of thioether (sulfide) groups is 1. The van der Waals surface area contributed by atoms with Crippen molar-refractivity contribution in [2.45, 2.75) is 12.3 Å². The van der Waals surface area contributed by atoms with E-state index >= 15 is 0 Å². The second kappa shape index (κ2) is 7.65. The van der Waals surface area contributed by atoms with Gasteiger partial charge in [-0.1, -0.05) is 12.1 Å². The molecule has 1 amide bonds. The molecule has 1 aromatic carbocycles. The number of nitrogens with one attached hydrogen (secondary N) is 2. The van der Waals surface area contributed by atoms with E-state index in [-0.39, 0.29) is 17.2 Å². The van der Waals surface area contributed by atoms with Crippen molar-refractivity contribution in [3.05, 3.63) is 57.8 Å².